The second-order valence-electron chi connectivity index (χ2n) is 2.74. The molecule has 1 aromatic carbocycles. The fourth-order valence-electron chi connectivity index (χ4n) is 1.19. The van der Waals surface area contributed by atoms with Gasteiger partial charge in [-0.3, -0.25) is 0 Å². The Morgan fingerprint density at radius 2 is 2.29 bits per heavy atom. The summed E-state index contributed by atoms with van der Waals surface area (Å²) in [6, 6.07) is 5.07. The summed E-state index contributed by atoms with van der Waals surface area (Å²) in [6.07, 6.45) is 0. The largest absolute Gasteiger partial charge is 0.380 e. The molecular weight excluding hydrogens is 250 g/mol. The maximum absolute atomic E-state index is 11.2. The van der Waals surface area contributed by atoms with Crippen LogP contribution in [0.2, 0.25) is 0 Å². The van der Waals surface area contributed by atoms with E-state index in [0.717, 1.165) is 11.1 Å². The van der Waals surface area contributed by atoms with E-state index in [0.29, 0.717) is 5.56 Å². The highest BCUT2D eigenvalue weighted by Gasteiger charge is 2.11. The van der Waals surface area contributed by atoms with Crippen molar-refractivity contribution >= 4 is 22.2 Å². The fraction of sp³-hybridized carbons (Fsp3) is 0.222. The third kappa shape index (κ3) is 2.17. The van der Waals surface area contributed by atoms with E-state index in [1.165, 1.54) is 0 Å². The number of halogens is 1. The molecule has 0 aliphatic heterocycles. The van der Waals surface area contributed by atoms with Crippen LogP contribution < -0.4 is 0 Å². The molecule has 0 bridgehead atoms. The number of carbonyl (C=O) groups is 1. The summed E-state index contributed by atoms with van der Waals surface area (Å²) in [6.45, 7) is 1.81. The lowest BCUT2D eigenvalue weighted by atomic mass is 10.0. The van der Waals surface area contributed by atoms with Gasteiger partial charge in [-0.15, -0.1) is 0 Å². The highest BCUT2D eigenvalue weighted by Crippen LogP contribution is 2.16. The summed E-state index contributed by atoms with van der Waals surface area (Å²) in [5.41, 5.74) is 1.88. The summed E-state index contributed by atoms with van der Waals surface area (Å²) < 4.78 is 4.42. The van der Waals surface area contributed by atoms with Crippen molar-refractivity contribution in [2.45, 2.75) is 13.5 Å². The van der Waals surface area contributed by atoms with Gasteiger partial charge in [0.2, 0.25) is 0 Å². The Bertz CT molecular complexity index is 365. The highest BCUT2D eigenvalue weighted by molar-refractivity contribution is 9.06. The topological polar surface area (TPSA) is 55.7 Å². The molecule has 0 heterocycles. The molecule has 0 aromatic heterocycles. The summed E-state index contributed by atoms with van der Waals surface area (Å²) in [7, 11) is 0. The van der Waals surface area contributed by atoms with Gasteiger partial charge in [0, 0.05) is 0 Å². The van der Waals surface area contributed by atoms with E-state index in [9.17, 15) is 9.70 Å². The Labute approximate surface area is 89.7 Å². The number of rotatable bonds is 3. The van der Waals surface area contributed by atoms with Crippen LogP contribution in [-0.2, 0) is 10.4 Å². The number of benzene rings is 1. The molecule has 5 heteroatoms. The quantitative estimate of drug-likeness (QED) is 0.783. The van der Waals surface area contributed by atoms with Crippen LogP contribution in [0.1, 0.15) is 21.5 Å². The number of hydrogen-bond donors (Lipinski definition) is 0. The second kappa shape index (κ2) is 4.85. The van der Waals surface area contributed by atoms with Crippen LogP contribution in [-0.4, -0.2) is 5.97 Å². The molecule has 0 N–H and O–H groups in total. The predicted octanol–water partition coefficient (Wildman–Crippen LogP) is 2.73. The van der Waals surface area contributed by atoms with Gasteiger partial charge in [-0.1, -0.05) is 17.3 Å². The van der Waals surface area contributed by atoms with Crippen molar-refractivity contribution in [1.29, 1.82) is 0 Å². The van der Waals surface area contributed by atoms with Gasteiger partial charge < -0.3 is 3.83 Å². The van der Waals surface area contributed by atoms with Crippen molar-refractivity contribution in [3.63, 3.8) is 0 Å². The molecule has 0 saturated heterocycles. The minimum absolute atomic E-state index is 0.0647. The maximum atomic E-state index is 11.2. The number of nitrogens with zero attached hydrogens (tertiary/aromatic N) is 1. The highest BCUT2D eigenvalue weighted by atomic mass is 79.9. The summed E-state index contributed by atoms with van der Waals surface area (Å²) >= 11 is 2.61. The predicted molar refractivity (Wildman–Crippen MR) is 55.0 cm³/mol. The van der Waals surface area contributed by atoms with E-state index in [1.807, 2.05) is 0 Å². The lowest BCUT2D eigenvalue weighted by Crippen LogP contribution is -2.03. The van der Waals surface area contributed by atoms with Gasteiger partial charge in [0.25, 0.3) is 0 Å². The monoisotopic (exact) mass is 257 g/mol. The van der Waals surface area contributed by atoms with Crippen molar-refractivity contribution in [2.75, 3.05) is 0 Å². The van der Waals surface area contributed by atoms with Gasteiger partial charge in [0.1, 0.15) is 6.54 Å². The first-order valence-corrected chi connectivity index (χ1v) is 4.56. The van der Waals surface area contributed by atoms with E-state index >= 15 is 0 Å². The maximum Gasteiger partial charge on any atom is 0.349 e. The lowest BCUT2D eigenvalue weighted by molar-refractivity contribution is 0.0781. The molecule has 14 heavy (non-hydrogen) atoms. The van der Waals surface area contributed by atoms with Gasteiger partial charge in [0.15, 0.2) is 16.3 Å². The van der Waals surface area contributed by atoms with Crippen LogP contribution in [0.3, 0.4) is 0 Å². The molecule has 0 amide bonds. The Hall–Kier alpha value is -1.23. The second-order valence-corrected chi connectivity index (χ2v) is 3.07. The molecule has 0 radical (unpaired) electrons. The number of carbonyl (C=O) groups excluding carboxylic acids is 1. The first-order valence-electron chi connectivity index (χ1n) is 3.91. The molecule has 0 unspecified atom stereocenters. The number of hydrogen-bond acceptors (Lipinski definition) is 4. The molecule has 0 spiro atoms. The van der Waals surface area contributed by atoms with Crippen molar-refractivity contribution in [3.05, 3.63) is 39.8 Å². The molecule has 0 saturated carbocycles. The molecule has 0 aliphatic rings. The summed E-state index contributed by atoms with van der Waals surface area (Å²) in [5.74, 6) is -0.477. The van der Waals surface area contributed by atoms with E-state index in [1.54, 1.807) is 25.1 Å². The minimum Gasteiger partial charge on any atom is -0.380 e. The molecule has 0 fully saturated rings. The Kier molecular flexibility index (Phi) is 3.76. The van der Waals surface area contributed by atoms with Crippen LogP contribution in [0.5, 0.6) is 0 Å². The molecule has 1 rings (SSSR count). The van der Waals surface area contributed by atoms with Gasteiger partial charge in [-0.2, -0.15) is 4.91 Å². The standard InChI is InChI=1S/C9H8BrNO3/c1-6-7(5-11-13)3-2-4-8(6)9(12)14-10/h2-4H,5H2,1H3. The molecule has 1 aromatic rings. The van der Waals surface area contributed by atoms with Crippen LogP contribution in [0, 0.1) is 11.8 Å². The lowest BCUT2D eigenvalue weighted by Gasteiger charge is -2.05. The average Bonchev–Trinajstić information content (AvgIpc) is 2.20. The average molecular weight is 258 g/mol. The molecule has 74 valence electrons. The zero-order valence-electron chi connectivity index (χ0n) is 7.49. The van der Waals surface area contributed by atoms with Crippen molar-refractivity contribution in [2.24, 2.45) is 5.18 Å². The molecule has 0 aliphatic carbocycles. The zero-order valence-corrected chi connectivity index (χ0v) is 9.08. The first-order chi connectivity index (χ1) is 6.70. The smallest absolute Gasteiger partial charge is 0.349 e. The van der Waals surface area contributed by atoms with Crippen LogP contribution in [0.4, 0.5) is 0 Å². The third-order valence-electron chi connectivity index (χ3n) is 1.97. The Balaban J connectivity index is 3.13. The van der Waals surface area contributed by atoms with E-state index in [-0.39, 0.29) is 6.54 Å². The van der Waals surface area contributed by atoms with E-state index in [4.69, 9.17) is 0 Å². The van der Waals surface area contributed by atoms with E-state index in [2.05, 4.69) is 25.3 Å². The van der Waals surface area contributed by atoms with E-state index < -0.39 is 5.97 Å². The Morgan fingerprint density at radius 1 is 1.57 bits per heavy atom. The van der Waals surface area contributed by atoms with Crippen LogP contribution >= 0.6 is 16.3 Å². The van der Waals surface area contributed by atoms with Crippen LogP contribution in [0.25, 0.3) is 0 Å². The van der Waals surface area contributed by atoms with Crippen molar-refractivity contribution < 1.29 is 8.62 Å². The van der Waals surface area contributed by atoms with Crippen molar-refractivity contribution in [3.8, 4) is 0 Å². The normalized spacial score (nSPS) is 9.57. The number of nitroso groups, excluding NO2 is 1. The van der Waals surface area contributed by atoms with Gasteiger partial charge in [0.05, 0.1) is 5.56 Å². The fourth-order valence-corrected chi connectivity index (χ4v) is 1.36. The Morgan fingerprint density at radius 3 is 2.86 bits per heavy atom. The SMILES string of the molecule is Cc1c(CN=O)cccc1C(=O)OBr. The summed E-state index contributed by atoms with van der Waals surface area (Å²) in [5, 5.41) is 2.78. The molecule has 0 atom stereocenters. The first kappa shape index (κ1) is 10.8. The molecular formula is C9H8BrNO3. The van der Waals surface area contributed by atoms with Gasteiger partial charge in [-0.25, -0.2) is 4.79 Å². The van der Waals surface area contributed by atoms with Crippen molar-refractivity contribution in [1.82, 2.24) is 0 Å². The van der Waals surface area contributed by atoms with Gasteiger partial charge >= 0.3 is 5.97 Å². The zero-order chi connectivity index (χ0) is 10.6. The molecule has 4 nitrogen and oxygen atoms in total. The minimum atomic E-state index is -0.477. The van der Waals surface area contributed by atoms with Crippen LogP contribution in [0.15, 0.2) is 23.4 Å². The van der Waals surface area contributed by atoms with Gasteiger partial charge in [-0.05, 0) is 24.1 Å². The summed E-state index contributed by atoms with van der Waals surface area (Å²) in [4.78, 5) is 21.3. The third-order valence-corrected chi connectivity index (χ3v) is 2.26.